The maximum Gasteiger partial charge on any atom is 0.256 e. The minimum absolute atomic E-state index is 0.0621. The van der Waals surface area contributed by atoms with E-state index in [0.717, 1.165) is 55.8 Å². The Hall–Kier alpha value is -2.68. The van der Waals surface area contributed by atoms with Crippen LogP contribution in [0.2, 0.25) is 0 Å². The molecule has 0 bridgehead atoms. The Morgan fingerprint density at radius 3 is 2.71 bits per heavy atom. The third kappa shape index (κ3) is 4.66. The second-order valence-corrected chi connectivity index (χ2v) is 10.3. The Bertz CT molecular complexity index is 1100. The van der Waals surface area contributed by atoms with Crippen molar-refractivity contribution in [1.82, 2.24) is 14.9 Å². The molecule has 1 aromatic heterocycles. The zero-order valence-electron chi connectivity index (χ0n) is 18.3. The number of fused-ring (bicyclic) bond motifs is 1. The van der Waals surface area contributed by atoms with E-state index in [4.69, 9.17) is 9.97 Å². The fraction of sp³-hybridized carbons (Fsp3) is 0.500. The van der Waals surface area contributed by atoms with Gasteiger partial charge in [0.15, 0.2) is 0 Å². The Morgan fingerprint density at radius 2 is 1.94 bits per heavy atom. The van der Waals surface area contributed by atoms with Gasteiger partial charge in [-0.25, -0.2) is 18.4 Å². The van der Waals surface area contributed by atoms with Crippen LogP contribution < -0.4 is 9.62 Å². The highest BCUT2D eigenvalue weighted by molar-refractivity contribution is 7.92. The number of aromatic nitrogens is 2. The van der Waals surface area contributed by atoms with Gasteiger partial charge in [-0.05, 0) is 44.7 Å². The van der Waals surface area contributed by atoms with Crippen LogP contribution in [-0.2, 0) is 16.4 Å². The van der Waals surface area contributed by atoms with Crippen LogP contribution in [0.4, 0.5) is 11.5 Å². The van der Waals surface area contributed by atoms with Gasteiger partial charge in [0.25, 0.3) is 5.91 Å². The predicted molar refractivity (Wildman–Crippen MR) is 121 cm³/mol. The van der Waals surface area contributed by atoms with E-state index in [1.54, 1.807) is 29.2 Å². The van der Waals surface area contributed by atoms with Crippen molar-refractivity contribution in [2.45, 2.75) is 38.5 Å². The van der Waals surface area contributed by atoms with Gasteiger partial charge in [0.05, 0.1) is 17.5 Å². The van der Waals surface area contributed by atoms with Crippen LogP contribution in [0.5, 0.6) is 0 Å². The zero-order valence-corrected chi connectivity index (χ0v) is 19.1. The summed E-state index contributed by atoms with van der Waals surface area (Å²) in [4.78, 5) is 27.0. The SMILES string of the molecule is Cc1nc(C2CCCN(C(=O)c3ccccc3NS(C)(=O)=O)C2)nc2c1CCCN2C. The van der Waals surface area contributed by atoms with Gasteiger partial charge in [-0.1, -0.05) is 12.1 Å². The first kappa shape index (κ1) is 21.5. The van der Waals surface area contributed by atoms with Gasteiger partial charge in [-0.3, -0.25) is 9.52 Å². The highest BCUT2D eigenvalue weighted by atomic mass is 32.2. The van der Waals surface area contributed by atoms with E-state index in [1.807, 2.05) is 6.92 Å². The number of hydrogen-bond donors (Lipinski definition) is 1. The standard InChI is InChI=1S/C22H29N5O3S/c1-15-17-10-7-12-26(2)21(17)24-20(23-15)16-8-6-13-27(14-16)22(28)18-9-4-5-11-19(18)25-31(3,29)30/h4-5,9,11,16,25H,6-8,10,12-14H2,1-3H3. The summed E-state index contributed by atoms with van der Waals surface area (Å²) in [5, 5.41) is 0. The maximum absolute atomic E-state index is 13.3. The van der Waals surface area contributed by atoms with E-state index in [2.05, 4.69) is 16.7 Å². The molecule has 0 radical (unpaired) electrons. The highest BCUT2D eigenvalue weighted by Crippen LogP contribution is 2.32. The molecular weight excluding hydrogens is 414 g/mol. The molecule has 166 valence electrons. The summed E-state index contributed by atoms with van der Waals surface area (Å²) < 4.78 is 25.9. The first-order chi connectivity index (χ1) is 14.7. The minimum Gasteiger partial charge on any atom is -0.359 e. The van der Waals surface area contributed by atoms with Gasteiger partial charge in [0.2, 0.25) is 10.0 Å². The van der Waals surface area contributed by atoms with Gasteiger partial charge in [-0.2, -0.15) is 0 Å². The second-order valence-electron chi connectivity index (χ2n) is 8.50. The topological polar surface area (TPSA) is 95.5 Å². The van der Waals surface area contributed by atoms with Crippen LogP contribution in [0.3, 0.4) is 0 Å². The second kappa shape index (κ2) is 8.45. The molecule has 4 rings (SSSR count). The lowest BCUT2D eigenvalue weighted by Gasteiger charge is -2.34. The molecule has 2 aliphatic rings. The van der Waals surface area contributed by atoms with Crippen molar-refractivity contribution in [1.29, 1.82) is 0 Å². The number of para-hydroxylation sites is 1. The van der Waals surface area contributed by atoms with Gasteiger partial charge in [0, 0.05) is 43.9 Å². The zero-order chi connectivity index (χ0) is 22.2. The highest BCUT2D eigenvalue weighted by Gasteiger charge is 2.30. The lowest BCUT2D eigenvalue weighted by atomic mass is 9.95. The Balaban J connectivity index is 1.58. The van der Waals surface area contributed by atoms with Crippen LogP contribution in [0.15, 0.2) is 24.3 Å². The van der Waals surface area contributed by atoms with Crippen molar-refractivity contribution >= 4 is 27.4 Å². The summed E-state index contributed by atoms with van der Waals surface area (Å²) in [7, 11) is -1.42. The lowest BCUT2D eigenvalue weighted by Crippen LogP contribution is -2.40. The normalized spacial score (nSPS) is 19.1. The summed E-state index contributed by atoms with van der Waals surface area (Å²) in [5.41, 5.74) is 2.91. The summed E-state index contributed by atoms with van der Waals surface area (Å²) in [6.45, 7) is 4.19. The summed E-state index contributed by atoms with van der Waals surface area (Å²) in [5.74, 6) is 1.69. The first-order valence-corrected chi connectivity index (χ1v) is 12.6. The van der Waals surface area contributed by atoms with E-state index in [1.165, 1.54) is 5.56 Å². The van der Waals surface area contributed by atoms with Crippen molar-refractivity contribution in [2.75, 3.05) is 42.6 Å². The summed E-state index contributed by atoms with van der Waals surface area (Å²) >= 11 is 0. The fourth-order valence-electron chi connectivity index (χ4n) is 4.49. The van der Waals surface area contributed by atoms with Crippen molar-refractivity contribution < 1.29 is 13.2 Å². The molecule has 1 amide bonds. The molecule has 0 saturated carbocycles. The van der Waals surface area contributed by atoms with Gasteiger partial charge in [0.1, 0.15) is 11.6 Å². The number of hydrogen-bond acceptors (Lipinski definition) is 6. The fourth-order valence-corrected chi connectivity index (χ4v) is 5.07. The van der Waals surface area contributed by atoms with Crippen LogP contribution in [-0.4, -0.2) is 62.1 Å². The van der Waals surface area contributed by atoms with Crippen LogP contribution in [0.25, 0.3) is 0 Å². The van der Waals surface area contributed by atoms with Crippen LogP contribution in [0, 0.1) is 6.92 Å². The van der Waals surface area contributed by atoms with Crippen molar-refractivity contribution in [3.8, 4) is 0 Å². The minimum atomic E-state index is -3.48. The molecule has 2 aliphatic heterocycles. The molecule has 8 nitrogen and oxygen atoms in total. The average Bonchev–Trinajstić information content (AvgIpc) is 2.73. The number of benzene rings is 1. The van der Waals surface area contributed by atoms with Crippen LogP contribution >= 0.6 is 0 Å². The van der Waals surface area contributed by atoms with Crippen LogP contribution in [0.1, 0.15) is 52.6 Å². The monoisotopic (exact) mass is 443 g/mol. The summed E-state index contributed by atoms with van der Waals surface area (Å²) in [6, 6.07) is 6.73. The van der Waals surface area contributed by atoms with E-state index >= 15 is 0 Å². The molecule has 0 aliphatic carbocycles. The van der Waals surface area contributed by atoms with Gasteiger partial charge in [-0.15, -0.1) is 0 Å². The molecular formula is C22H29N5O3S. The number of nitrogens with one attached hydrogen (secondary N) is 1. The Kier molecular flexibility index (Phi) is 5.88. The Labute approximate surface area is 183 Å². The number of carbonyl (C=O) groups is 1. The van der Waals surface area contributed by atoms with E-state index in [-0.39, 0.29) is 11.8 Å². The molecule has 1 fully saturated rings. The van der Waals surface area contributed by atoms with Crippen molar-refractivity contribution in [3.05, 3.63) is 46.9 Å². The molecule has 1 aromatic carbocycles. The van der Waals surface area contributed by atoms with Gasteiger partial charge < -0.3 is 9.80 Å². The molecule has 1 saturated heterocycles. The number of anilines is 2. The molecule has 9 heteroatoms. The third-order valence-corrected chi connectivity index (χ3v) is 6.61. The number of aryl methyl sites for hydroxylation is 1. The molecule has 31 heavy (non-hydrogen) atoms. The van der Waals surface area contributed by atoms with E-state index in [9.17, 15) is 13.2 Å². The predicted octanol–water partition coefficient (Wildman–Crippen LogP) is 2.56. The molecule has 1 atom stereocenters. The molecule has 3 heterocycles. The molecule has 1 N–H and O–H groups in total. The van der Waals surface area contributed by atoms with Gasteiger partial charge >= 0.3 is 0 Å². The quantitative estimate of drug-likeness (QED) is 0.780. The Morgan fingerprint density at radius 1 is 1.16 bits per heavy atom. The van der Waals surface area contributed by atoms with E-state index < -0.39 is 10.0 Å². The number of likely N-dealkylation sites (tertiary alicyclic amines) is 1. The average molecular weight is 444 g/mol. The maximum atomic E-state index is 13.3. The number of sulfonamides is 1. The number of carbonyl (C=O) groups excluding carboxylic acids is 1. The number of nitrogens with zero attached hydrogens (tertiary/aromatic N) is 4. The first-order valence-electron chi connectivity index (χ1n) is 10.7. The van der Waals surface area contributed by atoms with Crippen molar-refractivity contribution in [3.63, 3.8) is 0 Å². The van der Waals surface area contributed by atoms with Crippen molar-refractivity contribution in [2.24, 2.45) is 0 Å². The number of rotatable bonds is 4. The molecule has 2 aromatic rings. The van der Waals surface area contributed by atoms with E-state index in [0.29, 0.717) is 24.3 Å². The number of amides is 1. The largest absolute Gasteiger partial charge is 0.359 e. The summed E-state index contributed by atoms with van der Waals surface area (Å²) in [6.07, 6.45) is 4.98. The molecule has 1 unspecified atom stereocenters. The number of piperidine rings is 1. The lowest BCUT2D eigenvalue weighted by molar-refractivity contribution is 0.0705. The smallest absolute Gasteiger partial charge is 0.256 e. The third-order valence-electron chi connectivity index (χ3n) is 6.02. The molecule has 0 spiro atoms.